The standard InChI is InChI=1S/C24H26N2O2/c1-3-18-14-16-20(17-15-18)25-23(19-10-6-5-7-11-19)24(27)26-21-12-8-9-13-22(21)28-4-2/h5-17,23,25H,3-4H2,1-2H3,(H,26,27)/t23-/m0/s1. The maximum absolute atomic E-state index is 13.2. The number of anilines is 2. The molecule has 0 unspecified atom stereocenters. The Hall–Kier alpha value is -3.27. The molecule has 0 spiro atoms. The fourth-order valence-corrected chi connectivity index (χ4v) is 3.01. The average molecular weight is 374 g/mol. The summed E-state index contributed by atoms with van der Waals surface area (Å²) in [5.41, 5.74) is 3.73. The second-order valence-corrected chi connectivity index (χ2v) is 6.46. The van der Waals surface area contributed by atoms with Gasteiger partial charge in [-0.3, -0.25) is 4.79 Å². The molecular formula is C24H26N2O2. The molecule has 0 fully saturated rings. The summed E-state index contributed by atoms with van der Waals surface area (Å²) in [4.78, 5) is 13.2. The van der Waals surface area contributed by atoms with Crippen LogP contribution in [0.15, 0.2) is 78.9 Å². The highest BCUT2D eigenvalue weighted by Crippen LogP contribution is 2.27. The first-order valence-electron chi connectivity index (χ1n) is 9.64. The van der Waals surface area contributed by atoms with Crippen molar-refractivity contribution < 1.29 is 9.53 Å². The Morgan fingerprint density at radius 1 is 0.893 bits per heavy atom. The van der Waals surface area contributed by atoms with Gasteiger partial charge < -0.3 is 15.4 Å². The van der Waals surface area contributed by atoms with Gasteiger partial charge in [0.1, 0.15) is 11.8 Å². The molecule has 0 radical (unpaired) electrons. The van der Waals surface area contributed by atoms with Gasteiger partial charge in [0, 0.05) is 5.69 Å². The zero-order valence-corrected chi connectivity index (χ0v) is 16.3. The number of rotatable bonds is 8. The highest BCUT2D eigenvalue weighted by molar-refractivity contribution is 5.98. The van der Waals surface area contributed by atoms with E-state index in [0.717, 1.165) is 17.7 Å². The van der Waals surface area contributed by atoms with Crippen LogP contribution in [0.3, 0.4) is 0 Å². The van der Waals surface area contributed by atoms with Gasteiger partial charge in [-0.05, 0) is 48.7 Å². The number of hydrogen-bond acceptors (Lipinski definition) is 3. The van der Waals surface area contributed by atoms with E-state index in [1.807, 2.05) is 73.7 Å². The predicted octanol–water partition coefficient (Wildman–Crippen LogP) is 5.44. The smallest absolute Gasteiger partial charge is 0.251 e. The zero-order valence-electron chi connectivity index (χ0n) is 16.3. The number of nitrogens with one attached hydrogen (secondary N) is 2. The topological polar surface area (TPSA) is 50.4 Å². The van der Waals surface area contributed by atoms with Crippen LogP contribution in [0, 0.1) is 0 Å². The molecule has 1 atom stereocenters. The van der Waals surface area contributed by atoms with E-state index in [2.05, 4.69) is 29.7 Å². The van der Waals surface area contributed by atoms with Gasteiger partial charge in [0.2, 0.25) is 0 Å². The second kappa shape index (κ2) is 9.60. The van der Waals surface area contributed by atoms with Gasteiger partial charge >= 0.3 is 0 Å². The summed E-state index contributed by atoms with van der Waals surface area (Å²) in [5.74, 6) is 0.524. The number of benzene rings is 3. The molecule has 0 aliphatic heterocycles. The van der Waals surface area contributed by atoms with Crippen molar-refractivity contribution in [2.45, 2.75) is 26.3 Å². The third-order valence-electron chi connectivity index (χ3n) is 4.51. The van der Waals surface area contributed by atoms with Crippen molar-refractivity contribution in [3.63, 3.8) is 0 Å². The first kappa shape index (κ1) is 19.5. The molecule has 4 heteroatoms. The molecule has 3 aromatic carbocycles. The van der Waals surface area contributed by atoms with Gasteiger partial charge in [-0.1, -0.05) is 61.5 Å². The van der Waals surface area contributed by atoms with E-state index in [4.69, 9.17) is 4.74 Å². The van der Waals surface area contributed by atoms with Crippen LogP contribution in [0.2, 0.25) is 0 Å². The Bertz CT molecular complexity index is 892. The molecule has 0 heterocycles. The van der Waals surface area contributed by atoms with Crippen LogP contribution in [0.1, 0.15) is 31.0 Å². The van der Waals surface area contributed by atoms with E-state index in [9.17, 15) is 4.79 Å². The van der Waals surface area contributed by atoms with Crippen molar-refractivity contribution in [1.82, 2.24) is 0 Å². The molecule has 4 nitrogen and oxygen atoms in total. The molecule has 0 bridgehead atoms. The third kappa shape index (κ3) is 4.92. The van der Waals surface area contributed by atoms with Crippen LogP contribution in [-0.2, 0) is 11.2 Å². The Labute approximate surface area is 166 Å². The van der Waals surface area contributed by atoms with Crippen LogP contribution in [0.25, 0.3) is 0 Å². The molecule has 0 aliphatic carbocycles. The van der Waals surface area contributed by atoms with Gasteiger partial charge in [-0.15, -0.1) is 0 Å². The highest BCUT2D eigenvalue weighted by atomic mass is 16.5. The fourth-order valence-electron chi connectivity index (χ4n) is 3.01. The predicted molar refractivity (Wildman–Crippen MR) is 115 cm³/mol. The quantitative estimate of drug-likeness (QED) is 0.552. The van der Waals surface area contributed by atoms with Crippen LogP contribution >= 0.6 is 0 Å². The summed E-state index contributed by atoms with van der Waals surface area (Å²) in [7, 11) is 0. The van der Waals surface area contributed by atoms with E-state index in [0.29, 0.717) is 18.0 Å². The summed E-state index contributed by atoms with van der Waals surface area (Å²) < 4.78 is 5.63. The minimum atomic E-state index is -0.525. The molecule has 3 rings (SSSR count). The van der Waals surface area contributed by atoms with E-state index < -0.39 is 6.04 Å². The molecular weight excluding hydrogens is 348 g/mol. The van der Waals surface area contributed by atoms with Crippen LogP contribution in [-0.4, -0.2) is 12.5 Å². The number of hydrogen-bond donors (Lipinski definition) is 2. The molecule has 144 valence electrons. The molecule has 3 aromatic rings. The van der Waals surface area contributed by atoms with Crippen molar-refractivity contribution in [2.24, 2.45) is 0 Å². The van der Waals surface area contributed by atoms with Gasteiger partial charge in [0.15, 0.2) is 0 Å². The summed E-state index contributed by atoms with van der Waals surface area (Å²) in [5, 5.41) is 6.38. The normalized spacial score (nSPS) is 11.5. The Balaban J connectivity index is 1.85. The number of aryl methyl sites for hydroxylation is 1. The third-order valence-corrected chi connectivity index (χ3v) is 4.51. The number of carbonyl (C=O) groups excluding carboxylic acids is 1. The zero-order chi connectivity index (χ0) is 19.8. The number of ether oxygens (including phenoxy) is 1. The SMILES string of the molecule is CCOc1ccccc1NC(=O)[C@@H](Nc1ccc(CC)cc1)c1ccccc1. The lowest BCUT2D eigenvalue weighted by atomic mass is 10.0. The number of para-hydroxylation sites is 2. The minimum absolute atomic E-state index is 0.141. The molecule has 2 N–H and O–H groups in total. The van der Waals surface area contributed by atoms with E-state index in [1.165, 1.54) is 5.56 Å². The average Bonchev–Trinajstić information content (AvgIpc) is 2.74. The van der Waals surface area contributed by atoms with Crippen molar-refractivity contribution in [2.75, 3.05) is 17.2 Å². The Morgan fingerprint density at radius 3 is 2.25 bits per heavy atom. The molecule has 1 amide bonds. The first-order chi connectivity index (χ1) is 13.7. The summed E-state index contributed by atoms with van der Waals surface area (Å²) >= 11 is 0. The lowest BCUT2D eigenvalue weighted by molar-refractivity contribution is -0.117. The molecule has 0 saturated carbocycles. The molecule has 0 aliphatic rings. The van der Waals surface area contributed by atoms with Crippen LogP contribution in [0.4, 0.5) is 11.4 Å². The number of carbonyl (C=O) groups is 1. The Morgan fingerprint density at radius 2 is 1.57 bits per heavy atom. The molecule has 0 saturated heterocycles. The summed E-state index contributed by atoms with van der Waals surface area (Å²) in [6, 6.07) is 24.8. The maximum atomic E-state index is 13.2. The largest absolute Gasteiger partial charge is 0.492 e. The number of amides is 1. The van der Waals surface area contributed by atoms with E-state index >= 15 is 0 Å². The second-order valence-electron chi connectivity index (χ2n) is 6.46. The van der Waals surface area contributed by atoms with E-state index in [-0.39, 0.29) is 5.91 Å². The monoisotopic (exact) mass is 374 g/mol. The lowest BCUT2D eigenvalue weighted by Gasteiger charge is -2.21. The van der Waals surface area contributed by atoms with E-state index in [1.54, 1.807) is 0 Å². The Kier molecular flexibility index (Phi) is 6.68. The van der Waals surface area contributed by atoms with Crippen molar-refractivity contribution in [1.29, 1.82) is 0 Å². The van der Waals surface area contributed by atoms with Crippen LogP contribution in [0.5, 0.6) is 5.75 Å². The van der Waals surface area contributed by atoms with Crippen molar-refractivity contribution in [3.05, 3.63) is 90.0 Å². The molecule has 28 heavy (non-hydrogen) atoms. The summed E-state index contributed by atoms with van der Waals surface area (Å²) in [6.45, 7) is 4.59. The highest BCUT2D eigenvalue weighted by Gasteiger charge is 2.21. The molecule has 0 aromatic heterocycles. The minimum Gasteiger partial charge on any atom is -0.492 e. The lowest BCUT2D eigenvalue weighted by Crippen LogP contribution is -2.27. The fraction of sp³-hybridized carbons (Fsp3) is 0.208. The maximum Gasteiger partial charge on any atom is 0.251 e. The van der Waals surface area contributed by atoms with Crippen molar-refractivity contribution >= 4 is 17.3 Å². The first-order valence-corrected chi connectivity index (χ1v) is 9.64. The van der Waals surface area contributed by atoms with Crippen LogP contribution < -0.4 is 15.4 Å². The van der Waals surface area contributed by atoms with Gasteiger partial charge in [-0.25, -0.2) is 0 Å². The van der Waals surface area contributed by atoms with Gasteiger partial charge in [0.05, 0.1) is 12.3 Å². The summed E-state index contributed by atoms with van der Waals surface area (Å²) in [6.07, 6.45) is 0.983. The van der Waals surface area contributed by atoms with Gasteiger partial charge in [-0.2, -0.15) is 0 Å². The van der Waals surface area contributed by atoms with Gasteiger partial charge in [0.25, 0.3) is 5.91 Å². The van der Waals surface area contributed by atoms with Crippen molar-refractivity contribution in [3.8, 4) is 5.75 Å².